The number of nitrogens with zero attached hydrogens (tertiary/aromatic N) is 1. The van der Waals surface area contributed by atoms with E-state index in [4.69, 9.17) is 16.7 Å². The smallest absolute Gasteiger partial charge is 0.0592 e. The third-order valence-corrected chi connectivity index (χ3v) is 1.86. The molecule has 0 saturated carbocycles. The van der Waals surface area contributed by atoms with Gasteiger partial charge >= 0.3 is 0 Å². The molecule has 1 N–H and O–H groups in total. The van der Waals surface area contributed by atoms with Gasteiger partial charge in [0.15, 0.2) is 0 Å². The zero-order valence-electron chi connectivity index (χ0n) is 7.00. The molecule has 0 aromatic carbocycles. The quantitative estimate of drug-likeness (QED) is 0.781. The van der Waals surface area contributed by atoms with Gasteiger partial charge in [0.05, 0.1) is 5.02 Å². The van der Waals surface area contributed by atoms with Crippen LogP contribution in [0.15, 0.2) is 18.5 Å². The predicted molar refractivity (Wildman–Crippen MR) is 49.2 cm³/mol. The maximum Gasteiger partial charge on any atom is 0.0592 e. The van der Waals surface area contributed by atoms with Crippen LogP contribution in [0.4, 0.5) is 0 Å². The molecule has 66 valence electrons. The van der Waals surface area contributed by atoms with Crippen LogP contribution in [0, 0.1) is 5.92 Å². The van der Waals surface area contributed by atoms with Gasteiger partial charge in [-0.15, -0.1) is 0 Å². The summed E-state index contributed by atoms with van der Waals surface area (Å²) in [6.45, 7) is 2.19. The minimum absolute atomic E-state index is 0.201. The first-order chi connectivity index (χ1) is 5.72. The third kappa shape index (κ3) is 2.80. The van der Waals surface area contributed by atoms with E-state index < -0.39 is 0 Å². The van der Waals surface area contributed by atoms with Crippen molar-refractivity contribution in [2.45, 2.75) is 13.3 Å². The van der Waals surface area contributed by atoms with Gasteiger partial charge in [-0.1, -0.05) is 18.5 Å². The molecule has 12 heavy (non-hydrogen) atoms. The van der Waals surface area contributed by atoms with Crippen molar-refractivity contribution in [2.75, 3.05) is 6.61 Å². The first-order valence-corrected chi connectivity index (χ1v) is 4.30. The molecular formula is C9H12ClNO. The van der Waals surface area contributed by atoms with Gasteiger partial charge in [0.1, 0.15) is 0 Å². The number of aliphatic hydroxyl groups is 1. The number of rotatable bonds is 3. The number of aliphatic hydroxyl groups excluding tert-OH is 1. The van der Waals surface area contributed by atoms with Crippen molar-refractivity contribution >= 4 is 11.6 Å². The second-order valence-electron chi connectivity index (χ2n) is 3.00. The lowest BCUT2D eigenvalue weighted by atomic mass is 10.0. The van der Waals surface area contributed by atoms with Crippen LogP contribution in [-0.4, -0.2) is 16.7 Å². The normalized spacial score (nSPS) is 12.9. The maximum absolute atomic E-state index is 8.81. The van der Waals surface area contributed by atoms with Crippen molar-refractivity contribution in [3.63, 3.8) is 0 Å². The Balaban J connectivity index is 2.63. The van der Waals surface area contributed by atoms with Crippen LogP contribution in [0.1, 0.15) is 12.5 Å². The summed E-state index contributed by atoms with van der Waals surface area (Å²) in [6.07, 6.45) is 4.21. The zero-order chi connectivity index (χ0) is 8.97. The average molecular weight is 186 g/mol. The molecule has 1 atom stereocenters. The lowest BCUT2D eigenvalue weighted by molar-refractivity contribution is 0.237. The molecule has 0 radical (unpaired) electrons. The van der Waals surface area contributed by atoms with E-state index >= 15 is 0 Å². The Labute approximate surface area is 77.2 Å². The zero-order valence-corrected chi connectivity index (χ0v) is 7.75. The van der Waals surface area contributed by atoms with Crippen molar-refractivity contribution in [3.8, 4) is 0 Å². The van der Waals surface area contributed by atoms with Gasteiger partial charge in [0.25, 0.3) is 0 Å². The lowest BCUT2D eigenvalue weighted by Gasteiger charge is -2.06. The molecule has 1 rings (SSSR count). The maximum atomic E-state index is 8.81. The van der Waals surface area contributed by atoms with Crippen LogP contribution in [0.3, 0.4) is 0 Å². The Morgan fingerprint density at radius 1 is 1.58 bits per heavy atom. The second-order valence-corrected chi connectivity index (χ2v) is 3.44. The molecule has 0 fully saturated rings. The molecule has 0 saturated heterocycles. The van der Waals surface area contributed by atoms with E-state index in [9.17, 15) is 0 Å². The molecule has 1 aromatic rings. The summed E-state index contributed by atoms with van der Waals surface area (Å²) in [5, 5.41) is 9.46. The van der Waals surface area contributed by atoms with E-state index in [1.165, 1.54) is 0 Å². The number of hydrogen-bond acceptors (Lipinski definition) is 2. The van der Waals surface area contributed by atoms with Crippen molar-refractivity contribution in [3.05, 3.63) is 29.0 Å². The minimum Gasteiger partial charge on any atom is -0.396 e. The van der Waals surface area contributed by atoms with Gasteiger partial charge in [-0.05, 0) is 24.0 Å². The summed E-state index contributed by atoms with van der Waals surface area (Å²) in [5.74, 6) is 0.269. The summed E-state index contributed by atoms with van der Waals surface area (Å²) in [6, 6.07) is 1.88. The Hall–Kier alpha value is -0.600. The highest BCUT2D eigenvalue weighted by Gasteiger charge is 2.02. The van der Waals surface area contributed by atoms with Gasteiger partial charge in [-0.2, -0.15) is 0 Å². The first-order valence-electron chi connectivity index (χ1n) is 3.92. The summed E-state index contributed by atoms with van der Waals surface area (Å²) < 4.78 is 0. The van der Waals surface area contributed by atoms with E-state index in [1.807, 2.05) is 13.0 Å². The van der Waals surface area contributed by atoms with Gasteiger partial charge in [-0.3, -0.25) is 4.98 Å². The van der Waals surface area contributed by atoms with Crippen LogP contribution in [0.2, 0.25) is 5.02 Å². The van der Waals surface area contributed by atoms with Crippen LogP contribution in [-0.2, 0) is 6.42 Å². The van der Waals surface area contributed by atoms with Crippen LogP contribution in [0.5, 0.6) is 0 Å². The second kappa shape index (κ2) is 4.43. The largest absolute Gasteiger partial charge is 0.396 e. The highest BCUT2D eigenvalue weighted by molar-refractivity contribution is 6.30. The van der Waals surface area contributed by atoms with Gasteiger partial charge in [0.2, 0.25) is 0 Å². The fourth-order valence-corrected chi connectivity index (χ4v) is 1.23. The first kappa shape index (κ1) is 9.49. The van der Waals surface area contributed by atoms with E-state index in [2.05, 4.69) is 4.98 Å². The van der Waals surface area contributed by atoms with Crippen LogP contribution in [0.25, 0.3) is 0 Å². The summed E-state index contributed by atoms with van der Waals surface area (Å²) in [5.41, 5.74) is 1.07. The van der Waals surface area contributed by atoms with Crippen LogP contribution < -0.4 is 0 Å². The fourth-order valence-electron chi connectivity index (χ4n) is 1.03. The molecule has 2 nitrogen and oxygen atoms in total. The summed E-state index contributed by atoms with van der Waals surface area (Å²) in [4.78, 5) is 3.96. The van der Waals surface area contributed by atoms with Gasteiger partial charge in [-0.25, -0.2) is 0 Å². The predicted octanol–water partition coefficient (Wildman–Crippen LogP) is 1.91. The molecule has 0 amide bonds. The van der Waals surface area contributed by atoms with Crippen molar-refractivity contribution in [1.82, 2.24) is 4.98 Å². The summed E-state index contributed by atoms with van der Waals surface area (Å²) >= 11 is 5.75. The van der Waals surface area contributed by atoms with E-state index in [0.29, 0.717) is 5.02 Å². The number of hydrogen-bond donors (Lipinski definition) is 1. The van der Waals surface area contributed by atoms with E-state index in [0.717, 1.165) is 12.0 Å². The van der Waals surface area contributed by atoms with Crippen molar-refractivity contribution in [1.29, 1.82) is 0 Å². The highest BCUT2D eigenvalue weighted by Crippen LogP contribution is 2.12. The van der Waals surface area contributed by atoms with E-state index in [1.54, 1.807) is 12.4 Å². The molecule has 3 heteroatoms. The lowest BCUT2D eigenvalue weighted by Crippen LogP contribution is -2.04. The SMILES string of the molecule is C[C@H](CO)Cc1cncc(Cl)c1. The highest BCUT2D eigenvalue weighted by atomic mass is 35.5. The van der Waals surface area contributed by atoms with Crippen molar-refractivity contribution < 1.29 is 5.11 Å². The number of halogens is 1. The van der Waals surface area contributed by atoms with Gasteiger partial charge < -0.3 is 5.11 Å². The minimum atomic E-state index is 0.201. The monoisotopic (exact) mass is 185 g/mol. The fraction of sp³-hybridized carbons (Fsp3) is 0.444. The third-order valence-electron chi connectivity index (χ3n) is 1.66. The summed E-state index contributed by atoms with van der Waals surface area (Å²) in [7, 11) is 0. The Morgan fingerprint density at radius 2 is 2.33 bits per heavy atom. The standard InChI is InChI=1S/C9H12ClNO/c1-7(6-12)2-8-3-9(10)5-11-4-8/h3-5,7,12H,2,6H2,1H3/t7-/m0/s1. The Bertz CT molecular complexity index is 252. The number of pyridine rings is 1. The molecule has 0 aliphatic rings. The molecule has 0 unspecified atom stereocenters. The van der Waals surface area contributed by atoms with Crippen molar-refractivity contribution in [2.24, 2.45) is 5.92 Å². The van der Waals surface area contributed by atoms with Crippen LogP contribution >= 0.6 is 11.6 Å². The molecule has 1 aromatic heterocycles. The molecule has 0 bridgehead atoms. The Morgan fingerprint density at radius 3 is 2.92 bits per heavy atom. The Kier molecular flexibility index (Phi) is 3.50. The number of aromatic nitrogens is 1. The topological polar surface area (TPSA) is 33.1 Å². The molecule has 1 heterocycles. The molecule has 0 aliphatic heterocycles. The molecule has 0 spiro atoms. The molecular weight excluding hydrogens is 174 g/mol. The molecule has 0 aliphatic carbocycles. The van der Waals surface area contributed by atoms with E-state index in [-0.39, 0.29) is 12.5 Å². The van der Waals surface area contributed by atoms with Gasteiger partial charge in [0, 0.05) is 19.0 Å². The average Bonchev–Trinajstić information content (AvgIpc) is 2.04.